The number of hydrogen-bond acceptors (Lipinski definition) is 4. The van der Waals surface area contributed by atoms with Gasteiger partial charge in [-0.3, -0.25) is 20.4 Å². The van der Waals surface area contributed by atoms with Crippen LogP contribution in [0.1, 0.15) is 40.0 Å². The number of hydrazine groups is 1. The molecule has 1 atom stereocenters. The number of carbonyl (C=O) groups is 2. The summed E-state index contributed by atoms with van der Waals surface area (Å²) in [5, 5.41) is 9.93. The molecule has 0 aliphatic carbocycles. The van der Waals surface area contributed by atoms with E-state index in [9.17, 15) is 14.7 Å². The maximum atomic E-state index is 11.9. The van der Waals surface area contributed by atoms with Gasteiger partial charge in [0.25, 0.3) is 5.91 Å². The van der Waals surface area contributed by atoms with Crippen molar-refractivity contribution in [1.29, 1.82) is 0 Å². The maximum Gasteiger partial charge on any atom is 0.273 e. The molecule has 0 bridgehead atoms. The number of aliphatic hydroxyl groups excluding tert-OH is 1. The van der Waals surface area contributed by atoms with Gasteiger partial charge in [-0.1, -0.05) is 30.3 Å². The van der Waals surface area contributed by atoms with Gasteiger partial charge in [0, 0.05) is 0 Å². The first-order valence-corrected chi connectivity index (χ1v) is 6.86. The lowest BCUT2D eigenvalue weighted by Crippen LogP contribution is -2.42. The van der Waals surface area contributed by atoms with E-state index in [1.54, 1.807) is 44.2 Å². The van der Waals surface area contributed by atoms with E-state index < -0.39 is 17.9 Å². The average molecular weight is 302 g/mol. The van der Waals surface area contributed by atoms with Gasteiger partial charge in [0.1, 0.15) is 11.5 Å². The Labute approximate surface area is 128 Å². The Morgan fingerprint density at radius 1 is 1.18 bits per heavy atom. The zero-order chi connectivity index (χ0) is 16.1. The third kappa shape index (κ3) is 3.95. The maximum absolute atomic E-state index is 11.9. The first-order chi connectivity index (χ1) is 10.5. The van der Waals surface area contributed by atoms with E-state index in [0.717, 1.165) is 0 Å². The highest BCUT2D eigenvalue weighted by Gasteiger charge is 2.16. The molecule has 0 saturated heterocycles. The summed E-state index contributed by atoms with van der Waals surface area (Å²) < 4.78 is 5.25. The monoisotopic (exact) mass is 302 g/mol. The summed E-state index contributed by atoms with van der Waals surface area (Å²) in [5.41, 5.74) is 5.58. The number of nitrogens with one attached hydrogen (secondary N) is 2. The van der Waals surface area contributed by atoms with E-state index >= 15 is 0 Å². The second-order valence-corrected chi connectivity index (χ2v) is 4.96. The fourth-order valence-electron chi connectivity index (χ4n) is 2.07. The lowest BCUT2D eigenvalue weighted by Gasteiger charge is -2.11. The minimum absolute atomic E-state index is 0.145. The normalized spacial score (nSPS) is 11.8. The number of carbonyl (C=O) groups excluding carboxylic acids is 2. The summed E-state index contributed by atoms with van der Waals surface area (Å²) in [6, 6.07) is 10.4. The largest absolute Gasteiger partial charge is 0.466 e. The van der Waals surface area contributed by atoms with Gasteiger partial charge in [0.05, 0.1) is 18.1 Å². The van der Waals surface area contributed by atoms with Gasteiger partial charge in [-0.2, -0.15) is 0 Å². The van der Waals surface area contributed by atoms with E-state index in [0.29, 0.717) is 22.6 Å². The quantitative estimate of drug-likeness (QED) is 0.751. The third-order valence-electron chi connectivity index (χ3n) is 3.16. The summed E-state index contributed by atoms with van der Waals surface area (Å²) in [7, 11) is 0. The number of benzene rings is 1. The molecule has 2 rings (SSSR count). The average Bonchev–Trinajstić information content (AvgIpc) is 2.84. The smallest absolute Gasteiger partial charge is 0.273 e. The lowest BCUT2D eigenvalue weighted by atomic mass is 10.1. The summed E-state index contributed by atoms with van der Waals surface area (Å²) in [6.45, 7) is 3.40. The van der Waals surface area contributed by atoms with Gasteiger partial charge in [0.15, 0.2) is 0 Å². The summed E-state index contributed by atoms with van der Waals surface area (Å²) in [4.78, 5) is 23.6. The Morgan fingerprint density at radius 2 is 1.86 bits per heavy atom. The van der Waals surface area contributed by atoms with Crippen molar-refractivity contribution in [1.82, 2.24) is 10.9 Å². The van der Waals surface area contributed by atoms with Crippen LogP contribution in [0.3, 0.4) is 0 Å². The molecule has 0 radical (unpaired) electrons. The minimum Gasteiger partial charge on any atom is -0.466 e. The number of furan rings is 1. The van der Waals surface area contributed by atoms with Crippen LogP contribution in [0.2, 0.25) is 0 Å². The molecule has 3 N–H and O–H groups in total. The van der Waals surface area contributed by atoms with Crippen LogP contribution in [0.5, 0.6) is 0 Å². The Hall–Kier alpha value is -2.60. The molecule has 2 aromatic rings. The lowest BCUT2D eigenvalue weighted by molar-refractivity contribution is -0.123. The fourth-order valence-corrected chi connectivity index (χ4v) is 2.07. The summed E-state index contributed by atoms with van der Waals surface area (Å²) in [6.07, 6.45) is -1.07. The second kappa shape index (κ2) is 6.91. The Morgan fingerprint density at radius 3 is 2.45 bits per heavy atom. The fraction of sp³-hybridized carbons (Fsp3) is 0.250. The molecule has 6 nitrogen and oxygen atoms in total. The van der Waals surface area contributed by atoms with Crippen LogP contribution in [0.4, 0.5) is 0 Å². The van der Waals surface area contributed by atoms with E-state index in [1.165, 1.54) is 0 Å². The highest BCUT2D eigenvalue weighted by Crippen LogP contribution is 2.15. The van der Waals surface area contributed by atoms with Gasteiger partial charge in [-0.05, 0) is 25.5 Å². The number of rotatable bonds is 4. The second-order valence-electron chi connectivity index (χ2n) is 4.96. The topological polar surface area (TPSA) is 91.6 Å². The molecule has 1 unspecified atom stereocenters. The molecule has 0 spiro atoms. The predicted molar refractivity (Wildman–Crippen MR) is 79.8 cm³/mol. The van der Waals surface area contributed by atoms with Crippen molar-refractivity contribution >= 4 is 11.8 Å². The standard InChI is InChI=1S/C16H18N2O4/c1-10-8-13(11(2)22-10)16(21)18-17-15(20)9-14(19)12-6-4-3-5-7-12/h3-8,14,19H,9H2,1-2H3,(H,17,20)(H,18,21). The van der Waals surface area contributed by atoms with Crippen LogP contribution in [0.15, 0.2) is 40.8 Å². The highest BCUT2D eigenvalue weighted by molar-refractivity contribution is 5.96. The molecule has 1 aromatic heterocycles. The number of aliphatic hydroxyl groups is 1. The molecule has 116 valence electrons. The van der Waals surface area contributed by atoms with Gasteiger partial charge in [0.2, 0.25) is 5.91 Å². The van der Waals surface area contributed by atoms with Gasteiger partial charge < -0.3 is 9.52 Å². The molecule has 1 aromatic carbocycles. The number of aryl methyl sites for hydroxylation is 2. The highest BCUT2D eigenvalue weighted by atomic mass is 16.3. The number of amides is 2. The first-order valence-electron chi connectivity index (χ1n) is 6.86. The van der Waals surface area contributed by atoms with Crippen molar-refractivity contribution in [3.8, 4) is 0 Å². The summed E-state index contributed by atoms with van der Waals surface area (Å²) in [5.74, 6) is 0.154. The Balaban J connectivity index is 1.85. The van der Waals surface area contributed by atoms with Crippen LogP contribution in [-0.2, 0) is 4.79 Å². The van der Waals surface area contributed by atoms with Crippen molar-refractivity contribution in [2.45, 2.75) is 26.4 Å². The van der Waals surface area contributed by atoms with Crippen LogP contribution < -0.4 is 10.9 Å². The molecule has 2 amide bonds. The van der Waals surface area contributed by atoms with E-state index in [4.69, 9.17) is 4.42 Å². The zero-order valence-corrected chi connectivity index (χ0v) is 12.4. The minimum atomic E-state index is -0.920. The van der Waals surface area contributed by atoms with Crippen molar-refractivity contribution in [2.75, 3.05) is 0 Å². The predicted octanol–water partition coefficient (Wildman–Crippen LogP) is 1.78. The van der Waals surface area contributed by atoms with Crippen molar-refractivity contribution < 1.29 is 19.1 Å². The third-order valence-corrected chi connectivity index (χ3v) is 3.16. The Kier molecular flexibility index (Phi) is 4.95. The molecular weight excluding hydrogens is 284 g/mol. The molecule has 0 aliphatic heterocycles. The molecule has 0 saturated carbocycles. The molecule has 0 fully saturated rings. The van der Waals surface area contributed by atoms with E-state index in [1.807, 2.05) is 6.07 Å². The zero-order valence-electron chi connectivity index (χ0n) is 12.4. The van der Waals surface area contributed by atoms with Crippen molar-refractivity contribution in [3.05, 3.63) is 59.0 Å². The molecule has 0 aliphatic rings. The molecular formula is C16H18N2O4. The van der Waals surface area contributed by atoms with Crippen LogP contribution in [-0.4, -0.2) is 16.9 Å². The molecule has 1 heterocycles. The van der Waals surface area contributed by atoms with Gasteiger partial charge in [-0.15, -0.1) is 0 Å². The number of hydrogen-bond donors (Lipinski definition) is 3. The Bertz CT molecular complexity index is 664. The van der Waals surface area contributed by atoms with E-state index in [-0.39, 0.29) is 6.42 Å². The first kappa shape index (κ1) is 15.8. The van der Waals surface area contributed by atoms with Crippen molar-refractivity contribution in [3.63, 3.8) is 0 Å². The van der Waals surface area contributed by atoms with Crippen molar-refractivity contribution in [2.24, 2.45) is 0 Å². The van der Waals surface area contributed by atoms with Crippen LogP contribution in [0, 0.1) is 13.8 Å². The molecule has 22 heavy (non-hydrogen) atoms. The van der Waals surface area contributed by atoms with Crippen LogP contribution >= 0.6 is 0 Å². The summed E-state index contributed by atoms with van der Waals surface area (Å²) >= 11 is 0. The van der Waals surface area contributed by atoms with Crippen LogP contribution in [0.25, 0.3) is 0 Å². The van der Waals surface area contributed by atoms with Gasteiger partial charge in [-0.25, -0.2) is 0 Å². The molecule has 6 heteroatoms. The van der Waals surface area contributed by atoms with E-state index in [2.05, 4.69) is 10.9 Å². The SMILES string of the molecule is Cc1cc(C(=O)NNC(=O)CC(O)c2ccccc2)c(C)o1. The van der Waals surface area contributed by atoms with Gasteiger partial charge >= 0.3 is 0 Å².